The maximum atomic E-state index is 13.3. The second-order valence-corrected chi connectivity index (χ2v) is 10.4. The van der Waals surface area contributed by atoms with Gasteiger partial charge in [-0.15, -0.1) is 11.3 Å². The van der Waals surface area contributed by atoms with Crippen LogP contribution in [-0.4, -0.2) is 58.4 Å². The first kappa shape index (κ1) is 22.1. The summed E-state index contributed by atoms with van der Waals surface area (Å²) >= 11 is 1.48. The third kappa shape index (κ3) is 3.65. The Balaban J connectivity index is 1.61. The van der Waals surface area contributed by atoms with Crippen LogP contribution < -0.4 is 0 Å². The van der Waals surface area contributed by atoms with Crippen molar-refractivity contribution in [3.8, 4) is 0 Å². The van der Waals surface area contributed by atoms with Gasteiger partial charge in [-0.05, 0) is 55.0 Å². The Morgan fingerprint density at radius 2 is 2.12 bits per heavy atom. The fourth-order valence-corrected chi connectivity index (χ4v) is 6.00. The molecule has 3 heterocycles. The summed E-state index contributed by atoms with van der Waals surface area (Å²) in [5.74, 6) is 0.0622. The van der Waals surface area contributed by atoms with E-state index in [1.807, 2.05) is 34.0 Å². The first-order chi connectivity index (χ1) is 15.9. The molecule has 0 N–H and O–H groups in total. The van der Waals surface area contributed by atoms with Crippen molar-refractivity contribution in [1.29, 1.82) is 0 Å². The maximum absolute atomic E-state index is 13.3. The summed E-state index contributed by atoms with van der Waals surface area (Å²) in [6.45, 7) is 7.90. The van der Waals surface area contributed by atoms with Gasteiger partial charge in [0.05, 0.1) is 10.8 Å². The highest BCUT2D eigenvalue weighted by Crippen LogP contribution is 2.44. The number of thiophene rings is 1. The lowest BCUT2D eigenvalue weighted by molar-refractivity contribution is -0.135. The Kier molecular flexibility index (Phi) is 5.75. The van der Waals surface area contributed by atoms with Crippen LogP contribution in [0.3, 0.4) is 0 Å². The average molecular weight is 462 g/mol. The minimum absolute atomic E-state index is 0.0416. The van der Waals surface area contributed by atoms with Gasteiger partial charge in [0.15, 0.2) is 0 Å². The number of allylic oxidation sites excluding steroid dienone is 3. The number of hydrogen-bond donors (Lipinski definition) is 0. The monoisotopic (exact) mass is 461 g/mol. The van der Waals surface area contributed by atoms with Gasteiger partial charge in [-0.3, -0.25) is 19.1 Å². The standard InChI is InChI=1S/C27H31N3O2S/c1-5-29-15-19(26(31)28(4)17(2)3)13-21-20-9-6-7-10-22-25(20)18(14-23(21)29)16-30(22)27(32)24-11-8-12-33-24/h6-9,11-13,16-17,19,23H,5,10,14-15H2,1-4H3/t19-,23-/m1/s1. The number of fused-ring (bicyclic) bond motifs is 2. The van der Waals surface area contributed by atoms with Crippen LogP contribution >= 0.6 is 11.3 Å². The molecule has 0 saturated carbocycles. The summed E-state index contributed by atoms with van der Waals surface area (Å²) in [6.07, 6.45) is 12.3. The molecule has 1 amide bonds. The molecule has 3 aliphatic rings. The average Bonchev–Trinajstić information content (AvgIpc) is 3.42. The number of hydrogen-bond acceptors (Lipinski definition) is 4. The molecule has 5 nitrogen and oxygen atoms in total. The number of aromatic nitrogens is 1. The smallest absolute Gasteiger partial charge is 0.272 e. The summed E-state index contributed by atoms with van der Waals surface area (Å²) in [4.78, 5) is 31.6. The number of carbonyl (C=O) groups excluding carboxylic acids is 2. The van der Waals surface area contributed by atoms with Gasteiger partial charge in [0, 0.05) is 49.6 Å². The van der Waals surface area contributed by atoms with E-state index in [-0.39, 0.29) is 29.8 Å². The van der Waals surface area contributed by atoms with Gasteiger partial charge in [-0.1, -0.05) is 37.3 Å². The Labute approximate surface area is 199 Å². The van der Waals surface area contributed by atoms with E-state index in [1.165, 1.54) is 33.6 Å². The van der Waals surface area contributed by atoms with E-state index < -0.39 is 0 Å². The first-order valence-electron chi connectivity index (χ1n) is 11.8. The van der Waals surface area contributed by atoms with Crippen LogP contribution in [0.15, 0.2) is 53.6 Å². The van der Waals surface area contributed by atoms with Gasteiger partial charge in [0.2, 0.25) is 5.91 Å². The quantitative estimate of drug-likeness (QED) is 0.678. The first-order valence-corrected chi connectivity index (χ1v) is 12.7. The lowest BCUT2D eigenvalue weighted by atomic mass is 9.76. The number of likely N-dealkylation sites (N-methyl/N-ethyl adjacent to an activating group) is 1. The second kappa shape index (κ2) is 8.58. The fourth-order valence-electron chi connectivity index (χ4n) is 5.34. The molecule has 2 aliphatic carbocycles. The van der Waals surface area contributed by atoms with Crippen molar-refractivity contribution in [2.45, 2.75) is 45.7 Å². The number of carbonyl (C=O) groups is 2. The molecular formula is C27H31N3O2S. The molecule has 0 unspecified atom stereocenters. The molecule has 172 valence electrons. The molecule has 0 aromatic carbocycles. The third-order valence-electron chi connectivity index (χ3n) is 7.30. The van der Waals surface area contributed by atoms with Gasteiger partial charge in [-0.2, -0.15) is 0 Å². The minimum Gasteiger partial charge on any atom is -0.343 e. The molecule has 0 spiro atoms. The Bertz CT molecular complexity index is 1180. The van der Waals surface area contributed by atoms with Crippen LogP contribution in [0.2, 0.25) is 0 Å². The van der Waals surface area contributed by atoms with Crippen LogP contribution in [0.25, 0.3) is 5.57 Å². The largest absolute Gasteiger partial charge is 0.343 e. The van der Waals surface area contributed by atoms with Crippen LogP contribution in [0.1, 0.15) is 47.3 Å². The summed E-state index contributed by atoms with van der Waals surface area (Å²) in [6, 6.07) is 4.22. The van der Waals surface area contributed by atoms with Gasteiger partial charge >= 0.3 is 0 Å². The zero-order valence-corrected chi connectivity index (χ0v) is 20.6. The van der Waals surface area contributed by atoms with Crippen molar-refractivity contribution in [3.63, 3.8) is 0 Å². The van der Waals surface area contributed by atoms with E-state index in [9.17, 15) is 9.59 Å². The summed E-state index contributed by atoms with van der Waals surface area (Å²) in [7, 11) is 1.90. The predicted molar refractivity (Wildman–Crippen MR) is 134 cm³/mol. The summed E-state index contributed by atoms with van der Waals surface area (Å²) < 4.78 is 1.86. The van der Waals surface area contributed by atoms with Crippen molar-refractivity contribution in [2.75, 3.05) is 20.1 Å². The summed E-state index contributed by atoms with van der Waals surface area (Å²) in [5, 5.41) is 1.95. The molecule has 0 bridgehead atoms. The van der Waals surface area contributed by atoms with E-state index in [2.05, 4.69) is 56.2 Å². The number of amides is 1. The molecule has 5 rings (SSSR count). The third-order valence-corrected chi connectivity index (χ3v) is 8.16. The SMILES string of the molecule is CCN1C[C@H](C(=O)N(C)C(C)C)C=C2C3=CC=CCc4c3c(cn4C(=O)c3cccs3)C[C@H]21. The highest BCUT2D eigenvalue weighted by Gasteiger charge is 2.40. The van der Waals surface area contributed by atoms with E-state index in [0.29, 0.717) is 0 Å². The molecule has 6 heteroatoms. The molecule has 2 atom stereocenters. The van der Waals surface area contributed by atoms with Crippen molar-refractivity contribution in [3.05, 3.63) is 75.3 Å². The van der Waals surface area contributed by atoms with Crippen LogP contribution in [-0.2, 0) is 17.6 Å². The molecule has 0 radical (unpaired) electrons. The second-order valence-electron chi connectivity index (χ2n) is 9.42. The maximum Gasteiger partial charge on any atom is 0.272 e. The van der Waals surface area contributed by atoms with E-state index in [1.54, 1.807) is 0 Å². The van der Waals surface area contributed by atoms with Crippen LogP contribution in [0.4, 0.5) is 0 Å². The van der Waals surface area contributed by atoms with Gasteiger partial charge in [-0.25, -0.2) is 0 Å². The minimum atomic E-state index is -0.156. The molecule has 1 aliphatic heterocycles. The topological polar surface area (TPSA) is 45.6 Å². The zero-order chi connectivity index (χ0) is 23.3. The molecular weight excluding hydrogens is 430 g/mol. The van der Waals surface area contributed by atoms with E-state index in [0.717, 1.165) is 36.5 Å². The molecule has 33 heavy (non-hydrogen) atoms. The fraction of sp³-hybridized carbons (Fsp3) is 0.407. The van der Waals surface area contributed by atoms with Crippen LogP contribution in [0.5, 0.6) is 0 Å². The number of rotatable bonds is 4. The molecule has 2 aromatic rings. The molecule has 2 aromatic heterocycles. The highest BCUT2D eigenvalue weighted by atomic mass is 32.1. The molecule has 0 saturated heterocycles. The van der Waals surface area contributed by atoms with Gasteiger partial charge in [0.25, 0.3) is 5.91 Å². The van der Waals surface area contributed by atoms with E-state index in [4.69, 9.17) is 0 Å². The van der Waals surface area contributed by atoms with Crippen LogP contribution in [0, 0.1) is 5.92 Å². The lowest BCUT2D eigenvalue weighted by Crippen LogP contribution is -2.50. The predicted octanol–water partition coefficient (Wildman–Crippen LogP) is 4.40. The number of nitrogens with zero attached hydrogens (tertiary/aromatic N) is 3. The van der Waals surface area contributed by atoms with E-state index >= 15 is 0 Å². The van der Waals surface area contributed by atoms with Crippen molar-refractivity contribution >= 4 is 28.7 Å². The van der Waals surface area contributed by atoms with Crippen molar-refractivity contribution in [1.82, 2.24) is 14.4 Å². The Morgan fingerprint density at radius 1 is 1.30 bits per heavy atom. The highest BCUT2D eigenvalue weighted by molar-refractivity contribution is 7.12. The Hall–Kier alpha value is -2.70. The van der Waals surface area contributed by atoms with Crippen molar-refractivity contribution < 1.29 is 9.59 Å². The zero-order valence-electron chi connectivity index (χ0n) is 19.7. The normalized spacial score (nSPS) is 21.7. The lowest BCUT2D eigenvalue weighted by Gasteiger charge is -2.43. The van der Waals surface area contributed by atoms with Crippen molar-refractivity contribution in [2.24, 2.45) is 5.92 Å². The summed E-state index contributed by atoms with van der Waals surface area (Å²) in [5.41, 5.74) is 5.88. The Morgan fingerprint density at radius 3 is 2.82 bits per heavy atom. The van der Waals surface area contributed by atoms with Gasteiger partial charge < -0.3 is 4.90 Å². The molecule has 0 fully saturated rings. The van der Waals surface area contributed by atoms with Gasteiger partial charge in [0.1, 0.15) is 0 Å².